The quantitative estimate of drug-likeness (QED) is 0.422. The third kappa shape index (κ3) is 10.3. The number of carboxylic acids is 1. The molecule has 4 heteroatoms. The van der Waals surface area contributed by atoms with Gasteiger partial charge in [-0.15, -0.1) is 0 Å². The topological polar surface area (TPSA) is 66.4 Å². The number of unbranched alkanes of at least 4 members (excludes halogenated alkanes) is 7. The van der Waals surface area contributed by atoms with Crippen molar-refractivity contribution in [3.63, 3.8) is 0 Å². The maximum Gasteiger partial charge on any atom is 0.326 e. The fourth-order valence-corrected chi connectivity index (χ4v) is 1.97. The summed E-state index contributed by atoms with van der Waals surface area (Å²) in [5.41, 5.74) is 0. The Morgan fingerprint density at radius 2 is 1.63 bits per heavy atom. The number of nitrogens with one attached hydrogen (secondary N) is 1. The number of carboxylic acid groups (broad SMARTS) is 1. The molecule has 0 aliphatic rings. The first-order valence-corrected chi connectivity index (χ1v) is 7.27. The normalized spacial score (nSPS) is 11.8. The van der Waals surface area contributed by atoms with Crippen molar-refractivity contribution in [2.75, 3.05) is 0 Å². The minimum Gasteiger partial charge on any atom is -0.480 e. The lowest BCUT2D eigenvalue weighted by Crippen LogP contribution is -2.39. The molecule has 110 valence electrons. The Morgan fingerprint density at radius 3 is 2.11 bits per heavy atom. The highest BCUT2D eigenvalue weighted by molar-refractivity contribution is 5.90. The van der Waals surface area contributed by atoms with Gasteiger partial charge < -0.3 is 10.4 Å². The van der Waals surface area contributed by atoms with Crippen LogP contribution in [0.3, 0.4) is 0 Å². The summed E-state index contributed by atoms with van der Waals surface area (Å²) in [5.74, 6) is -1.40. The molecular weight excluding hydrogens is 242 g/mol. The number of carbonyl (C=O) groups excluding carboxylic acids is 1. The molecule has 0 rings (SSSR count). The molecule has 0 fully saturated rings. The molecule has 0 aromatic carbocycles. The second kappa shape index (κ2) is 11.8. The standard InChI is InChI=1S/C15H27NO3/c1-3-5-6-7-8-9-10-11-12-13(15(18)19)16-14(17)4-2/h4,13H,2-3,5-12H2,1H3,(H,16,17)(H,18,19). The lowest BCUT2D eigenvalue weighted by Gasteiger charge is -2.12. The van der Waals surface area contributed by atoms with E-state index in [0.29, 0.717) is 6.42 Å². The van der Waals surface area contributed by atoms with E-state index >= 15 is 0 Å². The summed E-state index contributed by atoms with van der Waals surface area (Å²) in [6.07, 6.45) is 10.9. The van der Waals surface area contributed by atoms with E-state index in [1.165, 1.54) is 32.1 Å². The highest BCUT2D eigenvalue weighted by Crippen LogP contribution is 2.10. The van der Waals surface area contributed by atoms with Gasteiger partial charge >= 0.3 is 5.97 Å². The van der Waals surface area contributed by atoms with E-state index < -0.39 is 17.9 Å². The summed E-state index contributed by atoms with van der Waals surface area (Å²) >= 11 is 0. The molecule has 4 nitrogen and oxygen atoms in total. The van der Waals surface area contributed by atoms with Crippen LogP contribution in [0.1, 0.15) is 64.7 Å². The van der Waals surface area contributed by atoms with Gasteiger partial charge in [0.05, 0.1) is 0 Å². The van der Waals surface area contributed by atoms with Crippen molar-refractivity contribution in [2.45, 2.75) is 70.8 Å². The fraction of sp³-hybridized carbons (Fsp3) is 0.733. The van der Waals surface area contributed by atoms with E-state index in [1.54, 1.807) is 0 Å². The molecule has 2 N–H and O–H groups in total. The molecule has 0 spiro atoms. The first-order valence-electron chi connectivity index (χ1n) is 7.27. The molecule has 0 radical (unpaired) electrons. The maximum atomic E-state index is 11.1. The average Bonchev–Trinajstić information content (AvgIpc) is 2.39. The van der Waals surface area contributed by atoms with Gasteiger partial charge in [-0.3, -0.25) is 4.79 Å². The molecule has 0 bridgehead atoms. The van der Waals surface area contributed by atoms with Crippen molar-refractivity contribution < 1.29 is 14.7 Å². The van der Waals surface area contributed by atoms with Gasteiger partial charge in [-0.05, 0) is 12.5 Å². The molecule has 0 aliphatic carbocycles. The zero-order valence-corrected chi connectivity index (χ0v) is 12.0. The van der Waals surface area contributed by atoms with Crippen LogP contribution in [0, 0.1) is 0 Å². The number of amides is 1. The van der Waals surface area contributed by atoms with Crippen LogP contribution in [0.5, 0.6) is 0 Å². The maximum absolute atomic E-state index is 11.1. The van der Waals surface area contributed by atoms with Crippen molar-refractivity contribution in [1.82, 2.24) is 5.32 Å². The van der Waals surface area contributed by atoms with Crippen molar-refractivity contribution >= 4 is 11.9 Å². The van der Waals surface area contributed by atoms with E-state index in [4.69, 9.17) is 5.11 Å². The van der Waals surface area contributed by atoms with Crippen LogP contribution in [-0.2, 0) is 9.59 Å². The molecule has 1 amide bonds. The van der Waals surface area contributed by atoms with Gasteiger partial charge in [-0.1, -0.05) is 64.9 Å². The fourth-order valence-electron chi connectivity index (χ4n) is 1.97. The van der Waals surface area contributed by atoms with Crippen LogP contribution in [-0.4, -0.2) is 23.0 Å². The minimum absolute atomic E-state index is 0.424. The Hall–Kier alpha value is -1.32. The average molecular weight is 269 g/mol. The van der Waals surface area contributed by atoms with E-state index in [-0.39, 0.29) is 0 Å². The van der Waals surface area contributed by atoms with E-state index in [2.05, 4.69) is 18.8 Å². The largest absolute Gasteiger partial charge is 0.480 e. The molecule has 1 atom stereocenters. The van der Waals surface area contributed by atoms with Gasteiger partial charge in [0.25, 0.3) is 0 Å². The first-order chi connectivity index (χ1) is 9.11. The van der Waals surface area contributed by atoms with Crippen LogP contribution in [0.15, 0.2) is 12.7 Å². The molecule has 19 heavy (non-hydrogen) atoms. The van der Waals surface area contributed by atoms with Crippen LogP contribution in [0.4, 0.5) is 0 Å². The second-order valence-corrected chi connectivity index (χ2v) is 4.87. The third-order valence-electron chi connectivity index (χ3n) is 3.15. The second-order valence-electron chi connectivity index (χ2n) is 4.87. The Kier molecular flexibility index (Phi) is 10.9. The zero-order valence-electron chi connectivity index (χ0n) is 12.0. The number of rotatable bonds is 12. The monoisotopic (exact) mass is 269 g/mol. The molecule has 0 aromatic rings. The summed E-state index contributed by atoms with van der Waals surface area (Å²) < 4.78 is 0. The summed E-state index contributed by atoms with van der Waals surface area (Å²) in [4.78, 5) is 22.0. The van der Waals surface area contributed by atoms with Crippen molar-refractivity contribution in [3.05, 3.63) is 12.7 Å². The highest BCUT2D eigenvalue weighted by atomic mass is 16.4. The van der Waals surface area contributed by atoms with E-state index in [0.717, 1.165) is 25.3 Å². The van der Waals surface area contributed by atoms with Crippen LogP contribution >= 0.6 is 0 Å². The summed E-state index contributed by atoms with van der Waals surface area (Å²) in [5, 5.41) is 11.4. The summed E-state index contributed by atoms with van der Waals surface area (Å²) in [7, 11) is 0. The van der Waals surface area contributed by atoms with Crippen molar-refractivity contribution in [1.29, 1.82) is 0 Å². The minimum atomic E-state index is -0.974. The predicted molar refractivity (Wildman–Crippen MR) is 77.0 cm³/mol. The Balaban J connectivity index is 3.62. The number of carbonyl (C=O) groups is 2. The van der Waals surface area contributed by atoms with Crippen molar-refractivity contribution in [3.8, 4) is 0 Å². The Labute approximate surface area is 116 Å². The summed E-state index contributed by atoms with van der Waals surface area (Å²) in [6.45, 7) is 5.51. The van der Waals surface area contributed by atoms with Gasteiger partial charge in [0, 0.05) is 0 Å². The lowest BCUT2D eigenvalue weighted by atomic mass is 10.0. The molecule has 0 aliphatic heterocycles. The number of hydrogen-bond acceptors (Lipinski definition) is 2. The number of hydrogen-bond donors (Lipinski definition) is 2. The van der Waals surface area contributed by atoms with Crippen LogP contribution in [0.25, 0.3) is 0 Å². The summed E-state index contributed by atoms with van der Waals surface area (Å²) in [6, 6.07) is -0.786. The number of aliphatic carboxylic acids is 1. The lowest BCUT2D eigenvalue weighted by molar-refractivity contribution is -0.141. The van der Waals surface area contributed by atoms with Gasteiger partial charge in [0.2, 0.25) is 5.91 Å². The molecule has 0 aromatic heterocycles. The van der Waals surface area contributed by atoms with Gasteiger partial charge in [0.15, 0.2) is 0 Å². The van der Waals surface area contributed by atoms with Gasteiger partial charge in [-0.2, -0.15) is 0 Å². The Morgan fingerprint density at radius 1 is 1.11 bits per heavy atom. The highest BCUT2D eigenvalue weighted by Gasteiger charge is 2.17. The van der Waals surface area contributed by atoms with Crippen molar-refractivity contribution in [2.24, 2.45) is 0 Å². The Bertz CT molecular complexity index is 277. The van der Waals surface area contributed by atoms with Crippen LogP contribution < -0.4 is 5.32 Å². The molecule has 1 unspecified atom stereocenters. The smallest absolute Gasteiger partial charge is 0.326 e. The predicted octanol–water partition coefficient (Wildman–Crippen LogP) is 3.27. The van der Waals surface area contributed by atoms with Gasteiger partial charge in [0.1, 0.15) is 6.04 Å². The van der Waals surface area contributed by atoms with E-state index in [9.17, 15) is 9.59 Å². The third-order valence-corrected chi connectivity index (χ3v) is 3.15. The zero-order chi connectivity index (χ0) is 14.5. The molecule has 0 heterocycles. The first kappa shape index (κ1) is 17.7. The van der Waals surface area contributed by atoms with E-state index in [1.807, 2.05) is 0 Å². The molecular formula is C15H27NO3. The van der Waals surface area contributed by atoms with Crippen LogP contribution in [0.2, 0.25) is 0 Å². The SMILES string of the molecule is C=CC(=O)NC(CCCCCCCCCC)C(=O)O. The van der Waals surface area contributed by atoms with Gasteiger partial charge in [-0.25, -0.2) is 4.79 Å². The molecule has 0 saturated carbocycles. The molecule has 0 saturated heterocycles.